The van der Waals surface area contributed by atoms with Crippen LogP contribution in [-0.4, -0.2) is 18.8 Å². The summed E-state index contributed by atoms with van der Waals surface area (Å²) in [6, 6.07) is 0.315. The van der Waals surface area contributed by atoms with Crippen LogP contribution < -0.4 is 5.32 Å². The molecule has 0 aromatic rings. The van der Waals surface area contributed by atoms with Gasteiger partial charge in [-0.25, -0.2) is 0 Å². The van der Waals surface area contributed by atoms with E-state index in [0.717, 1.165) is 13.0 Å². The second-order valence-corrected chi connectivity index (χ2v) is 4.75. The maximum absolute atomic E-state index is 12.4. The molecule has 0 atom stereocenters. The molecule has 0 bridgehead atoms. The Balaban J connectivity index is 2.12. The number of alkyl halides is 3. The number of halogens is 3. The predicted octanol–water partition coefficient (Wildman–Crippen LogP) is 3.89. The number of hydrogen-bond donors (Lipinski definition) is 1. The maximum Gasteiger partial charge on any atom is 0.391 e. The van der Waals surface area contributed by atoms with Crippen LogP contribution >= 0.6 is 0 Å². The first-order valence-corrected chi connectivity index (χ1v) is 6.34. The lowest BCUT2D eigenvalue weighted by Crippen LogP contribution is -2.37. The number of unbranched alkanes of at least 4 members (excludes halogenated alkanes) is 2. The summed E-state index contributed by atoms with van der Waals surface area (Å²) >= 11 is 0. The molecule has 0 aromatic heterocycles. The fraction of sp³-hybridized carbons (Fsp3) is 1.00. The number of rotatable bonds is 5. The van der Waals surface area contributed by atoms with E-state index in [2.05, 4.69) is 12.2 Å². The molecule has 4 heteroatoms. The van der Waals surface area contributed by atoms with Crippen molar-refractivity contribution in [3.8, 4) is 0 Å². The van der Waals surface area contributed by atoms with Crippen molar-refractivity contribution in [2.24, 2.45) is 5.92 Å². The Bertz CT molecular complexity index is 183. The first kappa shape index (κ1) is 13.8. The van der Waals surface area contributed by atoms with Gasteiger partial charge in [-0.1, -0.05) is 19.8 Å². The van der Waals surface area contributed by atoms with Crippen molar-refractivity contribution in [3.05, 3.63) is 0 Å². The molecular weight excluding hydrogens is 215 g/mol. The molecule has 0 saturated heterocycles. The second-order valence-electron chi connectivity index (χ2n) is 4.75. The summed E-state index contributed by atoms with van der Waals surface area (Å²) in [7, 11) is 0. The third kappa shape index (κ3) is 4.73. The molecule has 0 unspecified atom stereocenters. The zero-order chi connectivity index (χ0) is 12.0. The third-order valence-corrected chi connectivity index (χ3v) is 3.40. The first-order chi connectivity index (χ1) is 7.54. The number of hydrogen-bond acceptors (Lipinski definition) is 1. The van der Waals surface area contributed by atoms with Crippen LogP contribution in [0.4, 0.5) is 13.2 Å². The van der Waals surface area contributed by atoms with Gasteiger partial charge >= 0.3 is 6.18 Å². The van der Waals surface area contributed by atoms with Crippen LogP contribution in [0.3, 0.4) is 0 Å². The Labute approximate surface area is 95.8 Å². The van der Waals surface area contributed by atoms with Crippen molar-refractivity contribution >= 4 is 0 Å². The fourth-order valence-electron chi connectivity index (χ4n) is 2.31. The predicted molar refractivity (Wildman–Crippen MR) is 59.3 cm³/mol. The van der Waals surface area contributed by atoms with Crippen molar-refractivity contribution in [2.45, 2.75) is 64.1 Å². The van der Waals surface area contributed by atoms with Crippen molar-refractivity contribution in [3.63, 3.8) is 0 Å². The molecule has 0 radical (unpaired) electrons. The van der Waals surface area contributed by atoms with Crippen LogP contribution in [0.1, 0.15) is 51.9 Å². The smallest absolute Gasteiger partial charge is 0.314 e. The monoisotopic (exact) mass is 237 g/mol. The molecule has 1 N–H and O–H groups in total. The van der Waals surface area contributed by atoms with Gasteiger partial charge in [0.2, 0.25) is 0 Å². The summed E-state index contributed by atoms with van der Waals surface area (Å²) < 4.78 is 37.2. The summed E-state index contributed by atoms with van der Waals surface area (Å²) in [4.78, 5) is 0. The van der Waals surface area contributed by atoms with Gasteiger partial charge in [0.15, 0.2) is 0 Å². The van der Waals surface area contributed by atoms with Gasteiger partial charge in [-0.3, -0.25) is 0 Å². The molecule has 1 fully saturated rings. The molecule has 0 spiro atoms. The minimum Gasteiger partial charge on any atom is -0.314 e. The molecule has 1 nitrogen and oxygen atoms in total. The van der Waals surface area contributed by atoms with E-state index in [0.29, 0.717) is 31.7 Å². The van der Waals surface area contributed by atoms with E-state index >= 15 is 0 Å². The summed E-state index contributed by atoms with van der Waals surface area (Å²) in [5, 5.41) is 3.36. The highest BCUT2D eigenvalue weighted by Gasteiger charge is 2.41. The summed E-state index contributed by atoms with van der Waals surface area (Å²) in [5.74, 6) is -1.05. The van der Waals surface area contributed by atoms with Gasteiger partial charge in [0.1, 0.15) is 0 Å². The lowest BCUT2D eigenvalue weighted by molar-refractivity contribution is -0.182. The van der Waals surface area contributed by atoms with E-state index in [9.17, 15) is 13.2 Å². The zero-order valence-electron chi connectivity index (χ0n) is 9.95. The Morgan fingerprint density at radius 2 is 1.69 bits per heavy atom. The molecule has 0 aromatic carbocycles. The summed E-state index contributed by atoms with van der Waals surface area (Å²) in [6.07, 6.45) is 1.49. The fourth-order valence-corrected chi connectivity index (χ4v) is 2.31. The highest BCUT2D eigenvalue weighted by atomic mass is 19.4. The quantitative estimate of drug-likeness (QED) is 0.715. The molecule has 16 heavy (non-hydrogen) atoms. The van der Waals surface area contributed by atoms with Crippen molar-refractivity contribution in [2.75, 3.05) is 6.54 Å². The van der Waals surface area contributed by atoms with Crippen molar-refractivity contribution in [1.29, 1.82) is 0 Å². The minimum absolute atomic E-state index is 0.301. The molecule has 0 heterocycles. The van der Waals surface area contributed by atoms with Gasteiger partial charge in [-0.15, -0.1) is 0 Å². The van der Waals surface area contributed by atoms with E-state index in [1.165, 1.54) is 12.8 Å². The highest BCUT2D eigenvalue weighted by molar-refractivity contribution is 4.80. The average molecular weight is 237 g/mol. The van der Waals surface area contributed by atoms with Crippen molar-refractivity contribution in [1.82, 2.24) is 5.32 Å². The average Bonchev–Trinajstić information content (AvgIpc) is 2.24. The Morgan fingerprint density at radius 3 is 2.19 bits per heavy atom. The maximum atomic E-state index is 12.4. The van der Waals surface area contributed by atoms with E-state index in [-0.39, 0.29) is 0 Å². The topological polar surface area (TPSA) is 12.0 Å². The second kappa shape index (κ2) is 6.48. The van der Waals surface area contributed by atoms with Crippen LogP contribution in [-0.2, 0) is 0 Å². The van der Waals surface area contributed by atoms with Gasteiger partial charge < -0.3 is 5.32 Å². The molecule has 1 saturated carbocycles. The lowest BCUT2D eigenvalue weighted by Gasteiger charge is -2.30. The molecule has 1 aliphatic carbocycles. The minimum atomic E-state index is -3.98. The molecule has 0 aliphatic heterocycles. The molecule has 0 amide bonds. The van der Waals surface area contributed by atoms with Gasteiger partial charge in [0.25, 0.3) is 0 Å². The van der Waals surface area contributed by atoms with Crippen LogP contribution in [0, 0.1) is 5.92 Å². The highest BCUT2D eigenvalue weighted by Crippen LogP contribution is 2.37. The van der Waals surface area contributed by atoms with Crippen LogP contribution in [0.15, 0.2) is 0 Å². The first-order valence-electron chi connectivity index (χ1n) is 6.34. The van der Waals surface area contributed by atoms with Crippen LogP contribution in [0.2, 0.25) is 0 Å². The standard InChI is InChI=1S/C12H22F3N/c1-2-3-4-9-16-11-7-5-10(6-8-11)12(13,14)15/h10-11,16H,2-9H2,1H3. The normalized spacial score (nSPS) is 27.0. The molecular formula is C12H22F3N. The van der Waals surface area contributed by atoms with E-state index in [1.807, 2.05) is 0 Å². The Morgan fingerprint density at radius 1 is 1.06 bits per heavy atom. The summed E-state index contributed by atoms with van der Waals surface area (Å²) in [5.41, 5.74) is 0. The molecule has 96 valence electrons. The van der Waals surface area contributed by atoms with E-state index < -0.39 is 12.1 Å². The van der Waals surface area contributed by atoms with Crippen molar-refractivity contribution < 1.29 is 13.2 Å². The lowest BCUT2D eigenvalue weighted by atomic mass is 9.85. The number of nitrogens with one attached hydrogen (secondary N) is 1. The molecule has 1 rings (SSSR count). The summed E-state index contributed by atoms with van der Waals surface area (Å²) in [6.45, 7) is 3.10. The largest absolute Gasteiger partial charge is 0.391 e. The van der Waals surface area contributed by atoms with Gasteiger partial charge in [0.05, 0.1) is 5.92 Å². The van der Waals surface area contributed by atoms with E-state index in [1.54, 1.807) is 0 Å². The Hall–Kier alpha value is -0.250. The van der Waals surface area contributed by atoms with Crippen LogP contribution in [0.25, 0.3) is 0 Å². The van der Waals surface area contributed by atoms with Gasteiger partial charge in [-0.05, 0) is 38.6 Å². The zero-order valence-corrected chi connectivity index (χ0v) is 9.95. The van der Waals surface area contributed by atoms with Gasteiger partial charge in [-0.2, -0.15) is 13.2 Å². The van der Waals surface area contributed by atoms with E-state index in [4.69, 9.17) is 0 Å². The van der Waals surface area contributed by atoms with Gasteiger partial charge in [0, 0.05) is 6.04 Å². The third-order valence-electron chi connectivity index (χ3n) is 3.40. The Kier molecular flexibility index (Phi) is 5.59. The SMILES string of the molecule is CCCCCNC1CCC(C(F)(F)F)CC1. The molecule has 1 aliphatic rings. The van der Waals surface area contributed by atoms with Crippen LogP contribution in [0.5, 0.6) is 0 Å².